The Bertz CT molecular complexity index is 1320. The van der Waals surface area contributed by atoms with Gasteiger partial charge in [-0.1, -0.05) is 54.1 Å². The van der Waals surface area contributed by atoms with E-state index in [2.05, 4.69) is 16.0 Å². The Morgan fingerprint density at radius 1 is 0.828 bits per heavy atom. The number of fused-ring (bicyclic) bond motifs is 1. The lowest BCUT2D eigenvalue weighted by atomic mass is 10.0. The molecule has 0 bridgehead atoms. The van der Waals surface area contributed by atoms with Crippen molar-refractivity contribution in [1.82, 2.24) is 15.0 Å². The first-order valence-corrected chi connectivity index (χ1v) is 9.46. The van der Waals surface area contributed by atoms with Gasteiger partial charge in [0.2, 0.25) is 0 Å². The van der Waals surface area contributed by atoms with E-state index in [9.17, 15) is 0 Å². The SMILES string of the molecule is Cc1cccc(-c2nc(-c3ccc4ccccc4c3F)[nH]c2-c2ccncc2)c1. The summed E-state index contributed by atoms with van der Waals surface area (Å²) in [5.41, 5.74) is 5.18. The molecule has 0 unspecified atom stereocenters. The van der Waals surface area contributed by atoms with Crippen LogP contribution in [0.1, 0.15) is 5.56 Å². The molecule has 0 amide bonds. The van der Waals surface area contributed by atoms with E-state index >= 15 is 4.39 Å². The molecule has 1 N–H and O–H groups in total. The standard InChI is InChI=1S/C25H18FN3/c1-16-5-4-7-19(15-16)24-23(18-11-13-27-14-12-18)28-25(29-24)21-10-9-17-6-2-3-8-20(17)22(21)26/h2-15H,1H3,(H,28,29). The predicted octanol–water partition coefficient (Wildman–Crippen LogP) is 6.41. The Hall–Kier alpha value is -3.79. The summed E-state index contributed by atoms with van der Waals surface area (Å²) in [5.74, 6) is 0.241. The summed E-state index contributed by atoms with van der Waals surface area (Å²) in [6, 6.07) is 23.2. The van der Waals surface area contributed by atoms with Crippen molar-refractivity contribution in [1.29, 1.82) is 0 Å². The van der Waals surface area contributed by atoms with Crippen LogP contribution in [-0.4, -0.2) is 15.0 Å². The zero-order valence-corrected chi connectivity index (χ0v) is 15.9. The Balaban J connectivity index is 1.74. The Kier molecular flexibility index (Phi) is 4.17. The average Bonchev–Trinajstić information content (AvgIpc) is 3.20. The first-order chi connectivity index (χ1) is 14.2. The molecular formula is C25H18FN3. The molecule has 4 heteroatoms. The number of pyridine rings is 1. The molecule has 29 heavy (non-hydrogen) atoms. The molecule has 0 saturated heterocycles. The molecule has 5 rings (SSSR count). The highest BCUT2D eigenvalue weighted by Crippen LogP contribution is 2.35. The zero-order valence-electron chi connectivity index (χ0n) is 15.9. The van der Waals surface area contributed by atoms with Crippen LogP contribution in [0.4, 0.5) is 4.39 Å². The second kappa shape index (κ2) is 6.99. The van der Waals surface area contributed by atoms with Crippen LogP contribution in [0.5, 0.6) is 0 Å². The monoisotopic (exact) mass is 379 g/mol. The zero-order chi connectivity index (χ0) is 19.8. The Morgan fingerprint density at radius 3 is 2.48 bits per heavy atom. The molecular weight excluding hydrogens is 361 g/mol. The minimum absolute atomic E-state index is 0.270. The van der Waals surface area contributed by atoms with Gasteiger partial charge in [0.05, 0.1) is 17.0 Å². The van der Waals surface area contributed by atoms with Gasteiger partial charge in [0.25, 0.3) is 0 Å². The third-order valence-corrected chi connectivity index (χ3v) is 5.08. The fourth-order valence-electron chi connectivity index (χ4n) is 3.65. The molecule has 0 aliphatic rings. The summed E-state index contributed by atoms with van der Waals surface area (Å²) in [6.45, 7) is 2.05. The number of aromatic nitrogens is 3. The van der Waals surface area contributed by atoms with Gasteiger partial charge < -0.3 is 4.98 Å². The van der Waals surface area contributed by atoms with E-state index in [0.29, 0.717) is 16.8 Å². The highest BCUT2D eigenvalue weighted by atomic mass is 19.1. The molecule has 140 valence electrons. The van der Waals surface area contributed by atoms with Crippen LogP contribution in [0.25, 0.3) is 44.7 Å². The van der Waals surface area contributed by atoms with Crippen LogP contribution in [0, 0.1) is 12.7 Å². The first-order valence-electron chi connectivity index (χ1n) is 9.46. The van der Waals surface area contributed by atoms with Crippen LogP contribution in [0.3, 0.4) is 0 Å². The van der Waals surface area contributed by atoms with Gasteiger partial charge in [0.15, 0.2) is 0 Å². The van der Waals surface area contributed by atoms with Crippen LogP contribution >= 0.6 is 0 Å². The predicted molar refractivity (Wildman–Crippen MR) is 115 cm³/mol. The van der Waals surface area contributed by atoms with Crippen molar-refractivity contribution in [3.63, 3.8) is 0 Å². The normalized spacial score (nSPS) is 11.1. The number of nitrogens with one attached hydrogen (secondary N) is 1. The molecule has 0 aliphatic carbocycles. The van der Waals surface area contributed by atoms with Gasteiger partial charge in [-0.05, 0) is 36.6 Å². The molecule has 2 heterocycles. The van der Waals surface area contributed by atoms with Gasteiger partial charge in [-0.15, -0.1) is 0 Å². The smallest absolute Gasteiger partial charge is 0.141 e. The molecule has 0 saturated carbocycles. The topological polar surface area (TPSA) is 41.6 Å². The molecule has 5 aromatic rings. The maximum atomic E-state index is 15.3. The van der Waals surface area contributed by atoms with E-state index in [1.165, 1.54) is 0 Å². The lowest BCUT2D eigenvalue weighted by Gasteiger charge is -2.04. The van der Waals surface area contributed by atoms with Crippen LogP contribution in [-0.2, 0) is 0 Å². The fraction of sp³-hybridized carbons (Fsp3) is 0.0400. The maximum absolute atomic E-state index is 15.3. The molecule has 3 nitrogen and oxygen atoms in total. The van der Waals surface area contributed by atoms with Crippen molar-refractivity contribution in [3.05, 3.63) is 96.6 Å². The van der Waals surface area contributed by atoms with Gasteiger partial charge in [0.1, 0.15) is 11.6 Å². The Morgan fingerprint density at radius 2 is 1.66 bits per heavy atom. The van der Waals surface area contributed by atoms with Crippen LogP contribution < -0.4 is 0 Å². The van der Waals surface area contributed by atoms with Crippen molar-refractivity contribution in [3.8, 4) is 33.9 Å². The summed E-state index contributed by atoms with van der Waals surface area (Å²) in [6.07, 6.45) is 3.49. The quantitative estimate of drug-likeness (QED) is 0.394. The van der Waals surface area contributed by atoms with E-state index in [4.69, 9.17) is 4.98 Å². The van der Waals surface area contributed by atoms with Crippen LogP contribution in [0.15, 0.2) is 85.2 Å². The van der Waals surface area contributed by atoms with Crippen molar-refractivity contribution in [2.75, 3.05) is 0 Å². The van der Waals surface area contributed by atoms with E-state index in [-0.39, 0.29) is 5.82 Å². The summed E-state index contributed by atoms with van der Waals surface area (Å²) in [7, 11) is 0. The lowest BCUT2D eigenvalue weighted by Crippen LogP contribution is -1.89. The summed E-state index contributed by atoms with van der Waals surface area (Å²) in [5, 5.41) is 1.46. The van der Waals surface area contributed by atoms with Gasteiger partial charge in [-0.2, -0.15) is 0 Å². The average molecular weight is 379 g/mol. The number of nitrogens with zero attached hydrogens (tertiary/aromatic N) is 2. The molecule has 0 spiro atoms. The number of hydrogen-bond acceptors (Lipinski definition) is 2. The number of imidazole rings is 1. The molecule has 0 atom stereocenters. The summed E-state index contributed by atoms with van der Waals surface area (Å²) >= 11 is 0. The number of halogens is 1. The van der Waals surface area contributed by atoms with Crippen LogP contribution in [0.2, 0.25) is 0 Å². The van der Waals surface area contributed by atoms with Gasteiger partial charge in [-0.3, -0.25) is 4.98 Å². The van der Waals surface area contributed by atoms with Crippen molar-refractivity contribution >= 4 is 10.8 Å². The number of benzene rings is 3. The minimum atomic E-state index is -0.270. The molecule has 2 aromatic heterocycles. The van der Waals surface area contributed by atoms with Crippen molar-refractivity contribution < 1.29 is 4.39 Å². The van der Waals surface area contributed by atoms with E-state index in [1.807, 2.05) is 61.5 Å². The number of aryl methyl sites for hydroxylation is 1. The lowest BCUT2D eigenvalue weighted by molar-refractivity contribution is 0.642. The molecule has 0 radical (unpaired) electrons. The van der Waals surface area contributed by atoms with E-state index < -0.39 is 0 Å². The summed E-state index contributed by atoms with van der Waals surface area (Å²) < 4.78 is 15.3. The van der Waals surface area contributed by atoms with E-state index in [0.717, 1.165) is 33.5 Å². The van der Waals surface area contributed by atoms with Crippen molar-refractivity contribution in [2.45, 2.75) is 6.92 Å². The van der Waals surface area contributed by atoms with Gasteiger partial charge in [-0.25, -0.2) is 9.37 Å². The summed E-state index contributed by atoms with van der Waals surface area (Å²) in [4.78, 5) is 12.3. The highest BCUT2D eigenvalue weighted by molar-refractivity contribution is 5.88. The number of H-pyrrole nitrogens is 1. The van der Waals surface area contributed by atoms with E-state index in [1.54, 1.807) is 24.5 Å². The highest BCUT2D eigenvalue weighted by Gasteiger charge is 2.18. The fourth-order valence-corrected chi connectivity index (χ4v) is 3.65. The second-order valence-electron chi connectivity index (χ2n) is 7.06. The number of hydrogen-bond donors (Lipinski definition) is 1. The first kappa shape index (κ1) is 17.3. The Labute approximate surface area is 167 Å². The minimum Gasteiger partial charge on any atom is -0.337 e. The maximum Gasteiger partial charge on any atom is 0.141 e. The third kappa shape index (κ3) is 3.09. The number of aromatic amines is 1. The molecule has 0 fully saturated rings. The second-order valence-corrected chi connectivity index (χ2v) is 7.06. The number of rotatable bonds is 3. The van der Waals surface area contributed by atoms with Gasteiger partial charge >= 0.3 is 0 Å². The van der Waals surface area contributed by atoms with Crippen molar-refractivity contribution in [2.24, 2.45) is 0 Å². The third-order valence-electron chi connectivity index (χ3n) is 5.08. The molecule has 0 aliphatic heterocycles. The largest absolute Gasteiger partial charge is 0.337 e. The molecule has 3 aromatic carbocycles. The van der Waals surface area contributed by atoms with Gasteiger partial charge in [0, 0.05) is 28.9 Å².